The Morgan fingerprint density at radius 3 is 2.58 bits per heavy atom. The third-order valence-corrected chi connectivity index (χ3v) is 9.41. The summed E-state index contributed by atoms with van der Waals surface area (Å²) in [6, 6.07) is 9.79. The zero-order chi connectivity index (χ0) is 31.9. The van der Waals surface area contributed by atoms with Crippen molar-refractivity contribution in [3.05, 3.63) is 81.9 Å². The Hall–Kier alpha value is -4.06. The smallest absolute Gasteiger partial charge is 0.406 e. The maximum absolute atomic E-state index is 14.2. The predicted molar refractivity (Wildman–Crippen MR) is 156 cm³/mol. The van der Waals surface area contributed by atoms with Crippen molar-refractivity contribution in [3.63, 3.8) is 0 Å². The molecule has 3 aromatic rings. The second-order valence-electron chi connectivity index (χ2n) is 11.8. The molecule has 2 amide bonds. The number of carbonyl (C=O) groups excluding carboxylic acids is 2. The number of alkyl halides is 3. The summed E-state index contributed by atoms with van der Waals surface area (Å²) in [5.74, 6) is -2.65. The number of halogens is 4. The Labute approximate surface area is 262 Å². The number of rotatable bonds is 8. The number of amides is 2. The lowest BCUT2D eigenvalue weighted by Gasteiger charge is -2.43. The monoisotopic (exact) mass is 644 g/mol. The molecule has 0 radical (unpaired) electrons. The number of imidazole rings is 1. The van der Waals surface area contributed by atoms with E-state index in [1.165, 1.54) is 12.4 Å². The number of hydrogen-bond acceptors (Lipinski definition) is 5. The molecule has 45 heavy (non-hydrogen) atoms. The molecule has 1 N–H and O–H groups in total. The number of carbonyl (C=O) groups is 3. The van der Waals surface area contributed by atoms with Crippen molar-refractivity contribution >= 4 is 29.4 Å². The van der Waals surface area contributed by atoms with E-state index in [1.807, 2.05) is 12.1 Å². The minimum Gasteiger partial charge on any atom is -0.485 e. The van der Waals surface area contributed by atoms with Gasteiger partial charge in [-0.15, -0.1) is 0 Å². The van der Waals surface area contributed by atoms with E-state index in [9.17, 15) is 32.7 Å². The first-order valence-electron chi connectivity index (χ1n) is 14.9. The number of carboxylic acid groups (broad SMARTS) is 1. The normalized spacial score (nSPS) is 21.4. The highest BCUT2D eigenvalue weighted by molar-refractivity contribution is 6.31. The molecular formula is C32H32ClF3N4O5. The van der Waals surface area contributed by atoms with E-state index in [4.69, 9.17) is 16.3 Å². The highest BCUT2D eigenvalue weighted by Crippen LogP contribution is 2.44. The molecule has 2 aromatic carbocycles. The van der Waals surface area contributed by atoms with E-state index in [2.05, 4.69) is 4.98 Å². The van der Waals surface area contributed by atoms with Crippen molar-refractivity contribution < 1.29 is 37.4 Å². The van der Waals surface area contributed by atoms with Crippen LogP contribution in [-0.4, -0.2) is 61.5 Å². The van der Waals surface area contributed by atoms with Gasteiger partial charge in [0.2, 0.25) is 5.91 Å². The van der Waals surface area contributed by atoms with Crippen LogP contribution < -0.4 is 4.74 Å². The summed E-state index contributed by atoms with van der Waals surface area (Å²) in [5, 5.41) is 10.4. The van der Waals surface area contributed by atoms with Crippen LogP contribution in [0.25, 0.3) is 0 Å². The highest BCUT2D eigenvalue weighted by atomic mass is 35.5. The third-order valence-electron chi connectivity index (χ3n) is 9.05. The zero-order valence-electron chi connectivity index (χ0n) is 24.3. The Kier molecular flexibility index (Phi) is 8.51. The van der Waals surface area contributed by atoms with Gasteiger partial charge in [-0.25, -0.2) is 4.98 Å². The molecule has 0 spiro atoms. The Morgan fingerprint density at radius 1 is 1.09 bits per heavy atom. The Balaban J connectivity index is 1.36. The van der Waals surface area contributed by atoms with Gasteiger partial charge in [0.1, 0.15) is 24.7 Å². The molecule has 0 bridgehead atoms. The Morgan fingerprint density at radius 2 is 1.84 bits per heavy atom. The molecule has 3 heterocycles. The van der Waals surface area contributed by atoms with Crippen LogP contribution in [0.15, 0.2) is 48.8 Å². The second-order valence-corrected chi connectivity index (χ2v) is 12.2. The van der Waals surface area contributed by atoms with Crippen molar-refractivity contribution in [3.8, 4) is 5.75 Å². The van der Waals surface area contributed by atoms with Gasteiger partial charge < -0.3 is 24.2 Å². The summed E-state index contributed by atoms with van der Waals surface area (Å²) in [5.41, 5.74) is 2.70. The molecule has 3 unspecified atom stereocenters. The molecule has 9 nitrogen and oxygen atoms in total. The molecule has 1 saturated carbocycles. The van der Waals surface area contributed by atoms with Gasteiger partial charge >= 0.3 is 12.1 Å². The lowest BCUT2D eigenvalue weighted by molar-refractivity contribution is -0.153. The van der Waals surface area contributed by atoms with Crippen LogP contribution in [-0.2, 0) is 35.7 Å². The number of hydrogen-bond donors (Lipinski definition) is 1. The summed E-state index contributed by atoms with van der Waals surface area (Å²) in [6.07, 6.45) is 0.719. The van der Waals surface area contributed by atoms with E-state index < -0.39 is 36.6 Å². The van der Waals surface area contributed by atoms with Crippen molar-refractivity contribution in [2.24, 2.45) is 11.8 Å². The maximum Gasteiger partial charge on any atom is 0.406 e. The SMILES string of the molecule is O=C(O)C1CCCCC1C(=O)N1CCc2c(Cl)ccc(OCc3nccn3CC(F)(F)F)c2C1CN1Cc2ccccc2C1=O. The van der Waals surface area contributed by atoms with Gasteiger partial charge in [-0.05, 0) is 48.6 Å². The molecule has 13 heteroatoms. The molecule has 1 aromatic heterocycles. The molecule has 2 aliphatic heterocycles. The zero-order valence-corrected chi connectivity index (χ0v) is 25.1. The summed E-state index contributed by atoms with van der Waals surface area (Å²) in [4.78, 5) is 47.2. The van der Waals surface area contributed by atoms with Crippen LogP contribution in [0.5, 0.6) is 5.75 Å². The summed E-state index contributed by atoms with van der Waals surface area (Å²) in [6.45, 7) is -0.825. The molecule has 6 rings (SSSR count). The fourth-order valence-electron chi connectivity index (χ4n) is 6.92. The molecule has 1 aliphatic carbocycles. The molecular weight excluding hydrogens is 613 g/mol. The van der Waals surface area contributed by atoms with Crippen LogP contribution in [0.2, 0.25) is 5.02 Å². The summed E-state index contributed by atoms with van der Waals surface area (Å²) < 4.78 is 46.5. The fourth-order valence-corrected chi connectivity index (χ4v) is 7.18. The molecule has 0 saturated heterocycles. The Bertz CT molecular complexity index is 1630. The number of carboxylic acids is 1. The van der Waals surface area contributed by atoms with E-state index in [-0.39, 0.29) is 37.3 Å². The van der Waals surface area contributed by atoms with Crippen molar-refractivity contribution in [1.82, 2.24) is 19.4 Å². The molecule has 3 aliphatic rings. The van der Waals surface area contributed by atoms with Crippen LogP contribution in [0.3, 0.4) is 0 Å². The quantitative estimate of drug-likeness (QED) is 0.340. The second kappa shape index (κ2) is 12.4. The summed E-state index contributed by atoms with van der Waals surface area (Å²) >= 11 is 6.68. The van der Waals surface area contributed by atoms with Gasteiger partial charge in [0.15, 0.2) is 0 Å². The first kappa shape index (κ1) is 30.9. The van der Waals surface area contributed by atoms with Crippen molar-refractivity contribution in [2.75, 3.05) is 13.1 Å². The van der Waals surface area contributed by atoms with Crippen LogP contribution >= 0.6 is 11.6 Å². The number of benzene rings is 2. The average molecular weight is 645 g/mol. The maximum atomic E-state index is 14.2. The summed E-state index contributed by atoms with van der Waals surface area (Å²) in [7, 11) is 0. The number of nitrogens with zero attached hydrogens (tertiary/aromatic N) is 4. The van der Waals surface area contributed by atoms with Gasteiger partial charge in [-0.3, -0.25) is 14.4 Å². The average Bonchev–Trinajstić information content (AvgIpc) is 3.58. The van der Waals surface area contributed by atoms with E-state index >= 15 is 0 Å². The third kappa shape index (κ3) is 6.25. The van der Waals surface area contributed by atoms with Crippen LogP contribution in [0.1, 0.15) is 64.6 Å². The topological polar surface area (TPSA) is 105 Å². The lowest BCUT2D eigenvalue weighted by Crippen LogP contribution is -2.50. The van der Waals surface area contributed by atoms with Gasteiger partial charge in [0, 0.05) is 48.2 Å². The first-order valence-corrected chi connectivity index (χ1v) is 15.3. The minimum atomic E-state index is -4.45. The molecule has 1 fully saturated rings. The van der Waals surface area contributed by atoms with E-state index in [0.717, 1.165) is 23.0 Å². The van der Waals surface area contributed by atoms with Gasteiger partial charge in [0.05, 0.1) is 17.9 Å². The number of aromatic nitrogens is 2. The fraction of sp³-hybridized carbons (Fsp3) is 0.438. The van der Waals surface area contributed by atoms with Crippen molar-refractivity contribution in [1.29, 1.82) is 0 Å². The lowest BCUT2D eigenvalue weighted by atomic mass is 9.77. The van der Waals surface area contributed by atoms with Crippen molar-refractivity contribution in [2.45, 2.75) is 64.0 Å². The molecule has 3 atom stereocenters. The first-order chi connectivity index (χ1) is 21.5. The highest BCUT2D eigenvalue weighted by Gasteiger charge is 2.44. The van der Waals surface area contributed by atoms with Crippen LogP contribution in [0.4, 0.5) is 13.2 Å². The number of ether oxygens (including phenoxy) is 1. The minimum absolute atomic E-state index is 0.0630. The van der Waals surface area contributed by atoms with Crippen LogP contribution in [0, 0.1) is 11.8 Å². The van der Waals surface area contributed by atoms with Gasteiger partial charge in [-0.2, -0.15) is 13.2 Å². The predicted octanol–water partition coefficient (Wildman–Crippen LogP) is 5.65. The standard InChI is InChI=1S/C32H32ClF3N4O5/c33-24-9-10-26(45-17-27-37-12-14-38(27)18-32(34,35)36)28-23(24)11-13-40(30(42)21-7-3-4-8-22(21)31(43)44)25(28)16-39-15-19-5-1-2-6-20(19)29(39)41/h1-2,5-6,9-10,12,14,21-22,25H,3-4,7-8,11,13,15-18H2,(H,43,44). The largest absolute Gasteiger partial charge is 0.485 e. The molecule has 238 valence electrons. The van der Waals surface area contributed by atoms with Gasteiger partial charge in [-0.1, -0.05) is 42.6 Å². The van der Waals surface area contributed by atoms with E-state index in [1.54, 1.807) is 34.1 Å². The van der Waals surface area contributed by atoms with E-state index in [0.29, 0.717) is 53.3 Å². The number of aliphatic carboxylic acids is 1. The number of fused-ring (bicyclic) bond motifs is 2. The van der Waals surface area contributed by atoms with Gasteiger partial charge in [0.25, 0.3) is 5.91 Å².